The molecule has 1 N–H and O–H groups in total. The molecule has 0 aromatic carbocycles. The molecule has 3 amide bonds. The van der Waals surface area contributed by atoms with Gasteiger partial charge < -0.3 is 24.3 Å². The van der Waals surface area contributed by atoms with E-state index in [-0.39, 0.29) is 63.2 Å². The number of nitrogens with one attached hydrogen (secondary N) is 1. The molecule has 2 saturated heterocycles. The first-order valence-corrected chi connectivity index (χ1v) is 9.30. The lowest BCUT2D eigenvalue weighted by Crippen LogP contribution is -2.40. The minimum Gasteiger partial charge on any atom is -0.369 e. The fourth-order valence-corrected chi connectivity index (χ4v) is 3.12. The average molecular weight is 398 g/mol. The van der Waals surface area contributed by atoms with Crippen molar-refractivity contribution in [3.63, 3.8) is 0 Å². The van der Waals surface area contributed by atoms with Crippen LogP contribution in [0.4, 0.5) is 0 Å². The van der Waals surface area contributed by atoms with Crippen molar-refractivity contribution in [3.05, 3.63) is 0 Å². The molecule has 3 atom stereocenters. The molecule has 0 aromatic heterocycles. The van der Waals surface area contributed by atoms with Gasteiger partial charge in [-0.2, -0.15) is 12.6 Å². The Balaban J connectivity index is 1.57. The van der Waals surface area contributed by atoms with Gasteiger partial charge in [-0.05, 0) is 19.3 Å². The summed E-state index contributed by atoms with van der Waals surface area (Å²) in [6.45, 7) is 0.128. The summed E-state index contributed by atoms with van der Waals surface area (Å²) in [5.41, 5.74) is -0.559. The lowest BCUT2D eigenvalue weighted by molar-refractivity contribution is -0.203. The molecular weight excluding hydrogens is 375 g/mol. The molecule has 11 heteroatoms. The normalized spacial score (nSPS) is 25.7. The van der Waals surface area contributed by atoms with Gasteiger partial charge in [-0.1, -0.05) is 0 Å². The molecule has 3 unspecified atom stereocenters. The van der Waals surface area contributed by atoms with E-state index in [9.17, 15) is 19.2 Å². The van der Waals surface area contributed by atoms with Gasteiger partial charge in [-0.3, -0.25) is 19.3 Å². The topological polar surface area (TPSA) is 111 Å². The number of likely N-dealkylation sites (tertiary alicyclic amines) is 1. The highest BCUT2D eigenvalue weighted by Gasteiger charge is 2.35. The molecule has 9 nitrogen and oxygen atoms in total. The Morgan fingerprint density at radius 3 is 2.74 bits per heavy atom. The highest BCUT2D eigenvalue weighted by atomic mass is 32.1. The molecule has 2 radical (unpaired) electrons. The molecule has 0 aliphatic carbocycles. The quantitative estimate of drug-likeness (QED) is 0.270. The van der Waals surface area contributed by atoms with Crippen LogP contribution in [-0.4, -0.2) is 86.7 Å². The smallest absolute Gasteiger partial charge is 0.246 e. The SMILES string of the molecule is [B]C(=O)COC1CCCC(COCC(=O)NCCN2C(=O)CC(S)C2=O)O1. The Bertz CT molecular complexity index is 577. The predicted molar refractivity (Wildman–Crippen MR) is 97.2 cm³/mol. The van der Waals surface area contributed by atoms with E-state index in [0.29, 0.717) is 6.42 Å². The summed E-state index contributed by atoms with van der Waals surface area (Å²) >= 11 is 4.03. The number of rotatable bonds is 10. The van der Waals surface area contributed by atoms with Gasteiger partial charge in [0.2, 0.25) is 17.7 Å². The van der Waals surface area contributed by atoms with Gasteiger partial charge in [0.05, 0.1) is 24.6 Å². The zero-order valence-corrected chi connectivity index (χ0v) is 15.8. The van der Waals surface area contributed by atoms with E-state index in [1.165, 1.54) is 0 Å². The summed E-state index contributed by atoms with van der Waals surface area (Å²) in [4.78, 5) is 46.9. The average Bonchev–Trinajstić information content (AvgIpc) is 2.86. The van der Waals surface area contributed by atoms with Gasteiger partial charge in [0.1, 0.15) is 12.3 Å². The Morgan fingerprint density at radius 1 is 1.30 bits per heavy atom. The van der Waals surface area contributed by atoms with Crippen molar-refractivity contribution in [1.29, 1.82) is 0 Å². The second kappa shape index (κ2) is 10.8. The number of imide groups is 1. The van der Waals surface area contributed by atoms with Crippen LogP contribution in [0.2, 0.25) is 0 Å². The number of carbonyl (C=O) groups is 4. The van der Waals surface area contributed by atoms with Crippen molar-refractivity contribution in [1.82, 2.24) is 10.2 Å². The first-order chi connectivity index (χ1) is 12.9. The van der Waals surface area contributed by atoms with E-state index in [4.69, 9.17) is 22.1 Å². The fraction of sp³-hybridized carbons (Fsp3) is 0.750. The maximum absolute atomic E-state index is 11.8. The summed E-state index contributed by atoms with van der Waals surface area (Å²) < 4.78 is 16.2. The van der Waals surface area contributed by atoms with Crippen LogP contribution in [0.1, 0.15) is 25.7 Å². The largest absolute Gasteiger partial charge is 0.369 e. The van der Waals surface area contributed by atoms with E-state index in [0.717, 1.165) is 17.7 Å². The van der Waals surface area contributed by atoms with Gasteiger partial charge in [0, 0.05) is 19.5 Å². The van der Waals surface area contributed by atoms with Crippen molar-refractivity contribution in [2.24, 2.45) is 0 Å². The fourth-order valence-electron chi connectivity index (χ4n) is 2.83. The molecule has 0 aromatic rings. The molecule has 2 aliphatic rings. The number of nitrogens with zero attached hydrogens (tertiary/aromatic N) is 1. The lowest BCUT2D eigenvalue weighted by atomic mass is 10.0. The highest BCUT2D eigenvalue weighted by molar-refractivity contribution is 7.81. The minimum absolute atomic E-state index is 0.0878. The summed E-state index contributed by atoms with van der Waals surface area (Å²) in [7, 11) is 5.03. The van der Waals surface area contributed by atoms with Crippen LogP contribution in [0.3, 0.4) is 0 Å². The molecule has 0 saturated carbocycles. The molecule has 2 fully saturated rings. The Labute approximate surface area is 164 Å². The van der Waals surface area contributed by atoms with Crippen LogP contribution in [0.25, 0.3) is 0 Å². The Hall–Kier alpha value is -1.43. The summed E-state index contributed by atoms with van der Waals surface area (Å²) in [6, 6.07) is 0. The second-order valence-corrected chi connectivity index (χ2v) is 6.99. The Morgan fingerprint density at radius 2 is 2.07 bits per heavy atom. The van der Waals surface area contributed by atoms with Gasteiger partial charge in [0.15, 0.2) is 14.1 Å². The molecule has 0 spiro atoms. The van der Waals surface area contributed by atoms with Crippen molar-refractivity contribution >= 4 is 43.9 Å². The third kappa shape index (κ3) is 7.25. The van der Waals surface area contributed by atoms with Crippen LogP contribution in [-0.2, 0) is 33.4 Å². The van der Waals surface area contributed by atoms with E-state index in [1.807, 2.05) is 0 Å². The molecule has 27 heavy (non-hydrogen) atoms. The van der Waals surface area contributed by atoms with Crippen LogP contribution < -0.4 is 5.32 Å². The van der Waals surface area contributed by atoms with Gasteiger partial charge in [0.25, 0.3) is 0 Å². The third-order valence-electron chi connectivity index (χ3n) is 4.14. The number of ether oxygens (including phenoxy) is 3. The van der Waals surface area contributed by atoms with E-state index >= 15 is 0 Å². The standard InChI is InChI=1S/C16H23BN2O7S/c17-12(20)8-25-15-3-1-2-10(26-15)7-24-9-13(21)18-4-5-19-14(22)6-11(27)16(19)23/h10-11,15,27H,1-9H2,(H,18,21). The maximum Gasteiger partial charge on any atom is 0.246 e. The molecule has 2 aliphatic heterocycles. The zero-order valence-electron chi connectivity index (χ0n) is 14.9. The van der Waals surface area contributed by atoms with Crippen molar-refractivity contribution in [3.8, 4) is 0 Å². The zero-order chi connectivity index (χ0) is 19.8. The first-order valence-electron chi connectivity index (χ1n) is 8.79. The molecule has 2 heterocycles. The highest BCUT2D eigenvalue weighted by Crippen LogP contribution is 2.20. The number of hydrogen-bond acceptors (Lipinski definition) is 8. The van der Waals surface area contributed by atoms with Crippen LogP contribution >= 0.6 is 12.6 Å². The van der Waals surface area contributed by atoms with Crippen LogP contribution in [0.15, 0.2) is 0 Å². The van der Waals surface area contributed by atoms with Crippen LogP contribution in [0.5, 0.6) is 0 Å². The molecular formula is C16H23BN2O7S. The lowest BCUT2D eigenvalue weighted by Gasteiger charge is -2.29. The first kappa shape index (κ1) is 21.9. The summed E-state index contributed by atoms with van der Waals surface area (Å²) in [5.74, 6) is -0.974. The number of amides is 3. The Kier molecular flexibility index (Phi) is 8.74. The van der Waals surface area contributed by atoms with Crippen molar-refractivity contribution in [2.75, 3.05) is 32.9 Å². The van der Waals surface area contributed by atoms with E-state index in [2.05, 4.69) is 17.9 Å². The third-order valence-corrected chi connectivity index (χ3v) is 4.54. The van der Waals surface area contributed by atoms with Crippen LogP contribution in [0, 0.1) is 0 Å². The molecule has 2 rings (SSSR count). The molecule has 148 valence electrons. The number of thiol groups is 1. The summed E-state index contributed by atoms with van der Waals surface area (Å²) in [5, 5.41) is 2.00. The molecule has 0 bridgehead atoms. The van der Waals surface area contributed by atoms with Crippen molar-refractivity contribution < 1.29 is 33.4 Å². The van der Waals surface area contributed by atoms with Gasteiger partial charge >= 0.3 is 0 Å². The monoisotopic (exact) mass is 398 g/mol. The van der Waals surface area contributed by atoms with Gasteiger partial charge in [-0.15, -0.1) is 0 Å². The van der Waals surface area contributed by atoms with Gasteiger partial charge in [-0.25, -0.2) is 0 Å². The number of carbonyl (C=O) groups excluding carboxylic acids is 4. The predicted octanol–water partition coefficient (Wildman–Crippen LogP) is -1.22. The minimum atomic E-state index is -0.595. The number of hydrogen-bond donors (Lipinski definition) is 2. The van der Waals surface area contributed by atoms with Crippen molar-refractivity contribution in [2.45, 2.75) is 43.3 Å². The second-order valence-electron chi connectivity index (χ2n) is 6.36. The van der Waals surface area contributed by atoms with E-state index in [1.54, 1.807) is 0 Å². The van der Waals surface area contributed by atoms with E-state index < -0.39 is 17.2 Å². The maximum atomic E-state index is 11.8. The summed E-state index contributed by atoms with van der Waals surface area (Å²) in [6.07, 6.45) is 1.66.